The Bertz CT molecular complexity index is 528. The fourth-order valence-electron chi connectivity index (χ4n) is 0.975. The lowest BCUT2D eigenvalue weighted by Crippen LogP contribution is -1.85. The molecular formula is C7H3NO3S2. The van der Waals surface area contributed by atoms with Gasteiger partial charge in [-0.1, -0.05) is 22.7 Å². The van der Waals surface area contributed by atoms with Gasteiger partial charge in [-0.3, -0.25) is 14.9 Å². The van der Waals surface area contributed by atoms with Gasteiger partial charge in [-0.15, -0.1) is 0 Å². The summed E-state index contributed by atoms with van der Waals surface area (Å²) in [7, 11) is 0. The summed E-state index contributed by atoms with van der Waals surface area (Å²) in [4.78, 5) is 20.9. The molecule has 0 spiro atoms. The lowest BCUT2D eigenvalue weighted by molar-refractivity contribution is -0.384. The van der Waals surface area contributed by atoms with Crippen LogP contribution in [-0.2, 0) is 0 Å². The normalized spacial score (nSPS) is 10.5. The molecule has 1 aromatic heterocycles. The van der Waals surface area contributed by atoms with Crippen LogP contribution in [0.1, 0.15) is 0 Å². The lowest BCUT2D eigenvalue weighted by atomic mass is 10.3. The monoisotopic (exact) mass is 213 g/mol. The molecule has 1 heterocycles. The average Bonchev–Trinajstić information content (AvgIpc) is 2.42. The van der Waals surface area contributed by atoms with E-state index in [-0.39, 0.29) is 9.74 Å². The van der Waals surface area contributed by atoms with E-state index in [4.69, 9.17) is 0 Å². The van der Waals surface area contributed by atoms with Crippen LogP contribution >= 0.6 is 22.7 Å². The molecule has 0 aliphatic rings. The molecular weight excluding hydrogens is 210 g/mol. The fourth-order valence-corrected chi connectivity index (χ4v) is 2.93. The Kier molecular flexibility index (Phi) is 1.86. The zero-order valence-corrected chi connectivity index (χ0v) is 7.85. The summed E-state index contributed by atoms with van der Waals surface area (Å²) in [5.74, 6) is 0. The number of nitro benzene ring substituents is 1. The van der Waals surface area contributed by atoms with Crippen molar-refractivity contribution in [2.75, 3.05) is 0 Å². The van der Waals surface area contributed by atoms with Gasteiger partial charge in [0.2, 0.25) is 0 Å². The molecule has 0 bridgehead atoms. The van der Waals surface area contributed by atoms with Gasteiger partial charge in [0.1, 0.15) is 0 Å². The largest absolute Gasteiger partial charge is 0.288 e. The first-order chi connectivity index (χ1) is 6.16. The van der Waals surface area contributed by atoms with Crippen molar-refractivity contribution in [2.24, 2.45) is 0 Å². The minimum absolute atomic E-state index is 0.0292. The number of hydrogen-bond donors (Lipinski definition) is 0. The molecule has 0 radical (unpaired) electrons. The second kappa shape index (κ2) is 2.90. The molecule has 1 aromatic carbocycles. The SMILES string of the molecule is O=c1sc2ccc([N+](=O)[O-])cc2s1. The molecule has 0 saturated heterocycles. The summed E-state index contributed by atoms with van der Waals surface area (Å²) in [5.41, 5.74) is 0.0292. The van der Waals surface area contributed by atoms with E-state index in [1.54, 1.807) is 6.07 Å². The molecule has 0 aliphatic carbocycles. The molecule has 66 valence electrons. The highest BCUT2D eigenvalue weighted by Gasteiger charge is 2.07. The summed E-state index contributed by atoms with van der Waals surface area (Å²) in [6.45, 7) is 0. The summed E-state index contributed by atoms with van der Waals surface area (Å²) in [6.07, 6.45) is 0. The van der Waals surface area contributed by atoms with Gasteiger partial charge in [0.25, 0.3) is 9.74 Å². The van der Waals surface area contributed by atoms with E-state index in [1.165, 1.54) is 12.1 Å². The zero-order chi connectivity index (χ0) is 9.42. The molecule has 0 aliphatic heterocycles. The summed E-state index contributed by atoms with van der Waals surface area (Å²) in [6, 6.07) is 4.44. The van der Waals surface area contributed by atoms with Crippen molar-refractivity contribution >= 4 is 37.8 Å². The maximum absolute atomic E-state index is 10.9. The predicted molar refractivity (Wildman–Crippen MR) is 52.6 cm³/mol. The fraction of sp³-hybridized carbons (Fsp3) is 0. The van der Waals surface area contributed by atoms with Crippen LogP contribution in [0.15, 0.2) is 23.0 Å². The van der Waals surface area contributed by atoms with Crippen molar-refractivity contribution in [3.63, 3.8) is 0 Å². The Hall–Kier alpha value is -1.27. The average molecular weight is 213 g/mol. The highest BCUT2D eigenvalue weighted by Crippen LogP contribution is 2.25. The molecule has 0 saturated carbocycles. The van der Waals surface area contributed by atoms with Gasteiger partial charge in [-0.05, 0) is 6.07 Å². The van der Waals surface area contributed by atoms with Crippen molar-refractivity contribution < 1.29 is 4.92 Å². The molecule has 0 unspecified atom stereocenters. The Morgan fingerprint density at radius 3 is 2.62 bits per heavy atom. The van der Waals surface area contributed by atoms with E-state index in [0.29, 0.717) is 4.70 Å². The van der Waals surface area contributed by atoms with Crippen LogP contribution in [0, 0.1) is 10.1 Å². The predicted octanol–water partition coefficient (Wildman–Crippen LogP) is 2.23. The van der Waals surface area contributed by atoms with Crippen LogP contribution in [0.5, 0.6) is 0 Å². The standard InChI is InChI=1S/C7H3NO3S2/c9-7-12-5-2-1-4(8(10)11)3-6(5)13-7/h1-3H. The van der Waals surface area contributed by atoms with Gasteiger partial charge in [0.05, 0.1) is 9.62 Å². The van der Waals surface area contributed by atoms with Crippen molar-refractivity contribution in [3.05, 3.63) is 37.2 Å². The van der Waals surface area contributed by atoms with Gasteiger partial charge in [-0.25, -0.2) is 0 Å². The third-order valence-electron chi connectivity index (χ3n) is 1.52. The maximum atomic E-state index is 10.9. The minimum atomic E-state index is -0.464. The van der Waals surface area contributed by atoms with E-state index in [1.807, 2.05) is 0 Å². The smallest absolute Gasteiger partial charge is 0.265 e. The first-order valence-corrected chi connectivity index (χ1v) is 4.98. The molecule has 0 atom stereocenters. The molecule has 13 heavy (non-hydrogen) atoms. The molecule has 4 nitrogen and oxygen atoms in total. The molecule has 0 amide bonds. The number of hydrogen-bond acceptors (Lipinski definition) is 5. The van der Waals surface area contributed by atoms with Gasteiger partial charge in [0.15, 0.2) is 0 Å². The topological polar surface area (TPSA) is 60.2 Å². The molecule has 2 rings (SSSR count). The molecule has 6 heteroatoms. The maximum Gasteiger partial charge on any atom is 0.288 e. The van der Waals surface area contributed by atoms with Gasteiger partial charge >= 0.3 is 0 Å². The van der Waals surface area contributed by atoms with Crippen LogP contribution in [0.3, 0.4) is 0 Å². The van der Waals surface area contributed by atoms with Crippen molar-refractivity contribution in [3.8, 4) is 0 Å². The van der Waals surface area contributed by atoms with Crippen LogP contribution in [0.4, 0.5) is 5.69 Å². The van der Waals surface area contributed by atoms with Crippen molar-refractivity contribution in [2.45, 2.75) is 0 Å². The second-order valence-corrected chi connectivity index (χ2v) is 4.63. The summed E-state index contributed by atoms with van der Waals surface area (Å²) in [5, 5.41) is 10.4. The number of non-ortho nitro benzene ring substituents is 1. The molecule has 0 N–H and O–H groups in total. The molecule has 2 aromatic rings. The Morgan fingerprint density at radius 1 is 1.23 bits per heavy atom. The van der Waals surface area contributed by atoms with Gasteiger partial charge < -0.3 is 0 Å². The molecule has 0 fully saturated rings. The first-order valence-electron chi connectivity index (χ1n) is 3.35. The van der Waals surface area contributed by atoms with Crippen LogP contribution < -0.4 is 4.06 Å². The van der Waals surface area contributed by atoms with Gasteiger partial charge in [0, 0.05) is 16.8 Å². The number of benzene rings is 1. The van der Waals surface area contributed by atoms with E-state index >= 15 is 0 Å². The van der Waals surface area contributed by atoms with E-state index in [0.717, 1.165) is 27.4 Å². The summed E-state index contributed by atoms with van der Waals surface area (Å²) >= 11 is 2.16. The third kappa shape index (κ3) is 1.45. The van der Waals surface area contributed by atoms with Crippen molar-refractivity contribution in [1.82, 2.24) is 0 Å². The van der Waals surface area contributed by atoms with Crippen LogP contribution in [0.25, 0.3) is 9.40 Å². The van der Waals surface area contributed by atoms with Crippen LogP contribution in [-0.4, -0.2) is 4.92 Å². The minimum Gasteiger partial charge on any atom is -0.265 e. The first kappa shape index (κ1) is 8.33. The highest BCUT2D eigenvalue weighted by atomic mass is 32.2. The Labute approximate surface area is 80.2 Å². The number of nitrogens with zero attached hydrogens (tertiary/aromatic N) is 1. The summed E-state index contributed by atoms with van der Waals surface area (Å²) < 4.78 is 1.46. The Balaban J connectivity index is 2.74. The van der Waals surface area contributed by atoms with Crippen molar-refractivity contribution in [1.29, 1.82) is 0 Å². The number of fused-ring (bicyclic) bond motifs is 1. The lowest BCUT2D eigenvalue weighted by Gasteiger charge is -1.89. The van der Waals surface area contributed by atoms with Crippen LogP contribution in [0.2, 0.25) is 0 Å². The zero-order valence-electron chi connectivity index (χ0n) is 6.22. The highest BCUT2D eigenvalue weighted by molar-refractivity contribution is 7.35. The quantitative estimate of drug-likeness (QED) is 0.539. The third-order valence-corrected chi connectivity index (χ3v) is 3.62. The van der Waals surface area contributed by atoms with E-state index < -0.39 is 4.92 Å². The number of rotatable bonds is 1. The van der Waals surface area contributed by atoms with E-state index in [9.17, 15) is 14.9 Å². The van der Waals surface area contributed by atoms with Gasteiger partial charge in [-0.2, -0.15) is 0 Å². The van der Waals surface area contributed by atoms with E-state index in [2.05, 4.69) is 0 Å². The Morgan fingerprint density at radius 2 is 1.92 bits per heavy atom. The number of nitro groups is 1. The second-order valence-electron chi connectivity index (χ2n) is 2.34.